The fourth-order valence-corrected chi connectivity index (χ4v) is 3.26. The maximum Gasteiger partial charge on any atom is 0.315 e. The molecule has 3 rings (SSSR count). The quantitative estimate of drug-likeness (QED) is 0.743. The molecule has 0 fully saturated rings. The van der Waals surface area contributed by atoms with E-state index in [1.54, 1.807) is 17.3 Å². The molecule has 0 aliphatic carbocycles. The van der Waals surface area contributed by atoms with Crippen molar-refractivity contribution in [1.29, 1.82) is 0 Å². The lowest BCUT2D eigenvalue weighted by molar-refractivity contribution is 0.106. The van der Waals surface area contributed by atoms with Crippen molar-refractivity contribution in [3.05, 3.63) is 29.2 Å². The highest BCUT2D eigenvalue weighted by Crippen LogP contribution is 2.30. The van der Waals surface area contributed by atoms with Crippen LogP contribution in [0.15, 0.2) is 21.8 Å². The number of halogens is 2. The van der Waals surface area contributed by atoms with Crippen molar-refractivity contribution in [1.82, 2.24) is 15.6 Å². The van der Waals surface area contributed by atoms with Crippen LogP contribution in [-0.4, -0.2) is 27.7 Å². The summed E-state index contributed by atoms with van der Waals surface area (Å²) in [5.74, 6) is 0.273. The number of thioether (sulfide) groups is 1. The van der Waals surface area contributed by atoms with Crippen molar-refractivity contribution >= 4 is 17.3 Å². The Morgan fingerprint density at radius 2 is 2.08 bits per heavy atom. The molecule has 1 aromatic heterocycles. The molecule has 0 saturated carbocycles. The van der Waals surface area contributed by atoms with E-state index >= 15 is 0 Å². The summed E-state index contributed by atoms with van der Waals surface area (Å²) < 4.78 is 35.6. The molecule has 0 saturated heterocycles. The molecule has 1 N–H and O–H groups in total. The van der Waals surface area contributed by atoms with Crippen molar-refractivity contribution < 1.29 is 18.0 Å². The van der Waals surface area contributed by atoms with Gasteiger partial charge in [0.1, 0.15) is 5.75 Å². The first kappa shape index (κ1) is 17.7. The van der Waals surface area contributed by atoms with E-state index in [0.717, 1.165) is 29.7 Å². The molecule has 0 amide bonds. The van der Waals surface area contributed by atoms with E-state index in [9.17, 15) is 8.78 Å². The molecule has 1 unspecified atom stereocenters. The first-order valence-corrected chi connectivity index (χ1v) is 8.77. The Hall–Kier alpha value is -2.16. The molecule has 6 nitrogen and oxygen atoms in total. The first-order valence-electron chi connectivity index (χ1n) is 7.83. The van der Waals surface area contributed by atoms with Crippen LogP contribution >= 0.6 is 11.8 Å². The van der Waals surface area contributed by atoms with Crippen LogP contribution in [0.2, 0.25) is 0 Å². The zero-order valence-electron chi connectivity index (χ0n) is 13.8. The van der Waals surface area contributed by atoms with E-state index in [1.165, 1.54) is 0 Å². The number of ether oxygens (including phenoxy) is 1. The SMILES string of the molecule is Cc1cc(-c2noc(C(F)F)n2)cc(C)c1OCCCC1NN=CS1. The molecular formula is C16H18F2N4O2S. The maximum atomic E-state index is 12.6. The van der Waals surface area contributed by atoms with Gasteiger partial charge >= 0.3 is 6.43 Å². The van der Waals surface area contributed by atoms with E-state index in [1.807, 2.05) is 26.0 Å². The molecule has 1 aliphatic rings. The highest BCUT2D eigenvalue weighted by atomic mass is 32.2. The van der Waals surface area contributed by atoms with E-state index in [-0.39, 0.29) is 5.82 Å². The molecule has 0 bridgehead atoms. The number of aryl methyl sites for hydroxylation is 2. The van der Waals surface area contributed by atoms with Crippen molar-refractivity contribution in [3.8, 4) is 17.1 Å². The number of hydrazone groups is 1. The van der Waals surface area contributed by atoms with Crippen LogP contribution in [0.25, 0.3) is 11.4 Å². The van der Waals surface area contributed by atoms with Gasteiger partial charge in [-0.1, -0.05) is 16.9 Å². The lowest BCUT2D eigenvalue weighted by Crippen LogP contribution is -2.16. The van der Waals surface area contributed by atoms with Crippen LogP contribution in [-0.2, 0) is 0 Å². The van der Waals surface area contributed by atoms with E-state index in [4.69, 9.17) is 4.74 Å². The van der Waals surface area contributed by atoms with Crippen molar-refractivity contribution in [2.75, 3.05) is 6.61 Å². The van der Waals surface area contributed by atoms with E-state index in [2.05, 4.69) is 25.2 Å². The summed E-state index contributed by atoms with van der Waals surface area (Å²) in [5.41, 5.74) is 7.24. The van der Waals surface area contributed by atoms with Gasteiger partial charge in [-0.15, -0.1) is 0 Å². The van der Waals surface area contributed by atoms with Crippen molar-refractivity contribution in [3.63, 3.8) is 0 Å². The summed E-state index contributed by atoms with van der Waals surface area (Å²) in [6.45, 7) is 4.40. The fraction of sp³-hybridized carbons (Fsp3) is 0.438. The zero-order valence-corrected chi connectivity index (χ0v) is 14.6. The van der Waals surface area contributed by atoms with Crippen molar-refractivity contribution in [2.24, 2.45) is 5.10 Å². The standard InChI is InChI=1S/C16H18F2N4O2S/c1-9-6-11(15-20-16(14(17)18)24-22-15)7-10(2)13(9)23-5-3-4-12-21-19-8-25-12/h6-8,12,14,21H,3-5H2,1-2H3. The molecular weight excluding hydrogens is 350 g/mol. The molecule has 2 aromatic rings. The average Bonchev–Trinajstić information content (AvgIpc) is 3.25. The average molecular weight is 368 g/mol. The number of aromatic nitrogens is 2. The Morgan fingerprint density at radius 1 is 1.32 bits per heavy atom. The summed E-state index contributed by atoms with van der Waals surface area (Å²) in [6.07, 6.45) is -0.916. The number of hydrogen-bond acceptors (Lipinski definition) is 7. The fourth-order valence-electron chi connectivity index (χ4n) is 2.57. The highest BCUT2D eigenvalue weighted by Gasteiger charge is 2.18. The normalized spacial score (nSPS) is 16.4. The van der Waals surface area contributed by atoms with Crippen LogP contribution in [0.4, 0.5) is 8.78 Å². The van der Waals surface area contributed by atoms with Crippen LogP contribution in [0.1, 0.15) is 36.3 Å². The largest absolute Gasteiger partial charge is 0.493 e. The second-order valence-electron chi connectivity index (χ2n) is 5.68. The molecule has 25 heavy (non-hydrogen) atoms. The lowest BCUT2D eigenvalue weighted by atomic mass is 10.1. The minimum absolute atomic E-state index is 0.150. The van der Waals surface area contributed by atoms with Gasteiger partial charge in [0.25, 0.3) is 5.89 Å². The number of benzene rings is 1. The number of nitrogens with one attached hydrogen (secondary N) is 1. The van der Waals surface area contributed by atoms with Crippen LogP contribution in [0, 0.1) is 13.8 Å². The predicted molar refractivity (Wildman–Crippen MR) is 91.9 cm³/mol. The molecule has 9 heteroatoms. The molecule has 2 heterocycles. The van der Waals surface area contributed by atoms with Gasteiger partial charge < -0.3 is 9.26 Å². The van der Waals surface area contributed by atoms with Gasteiger partial charge in [-0.05, 0) is 49.9 Å². The number of hydrogen-bond donors (Lipinski definition) is 1. The highest BCUT2D eigenvalue weighted by molar-refractivity contribution is 8.12. The van der Waals surface area contributed by atoms with Gasteiger partial charge in [0.2, 0.25) is 5.82 Å². The monoisotopic (exact) mass is 368 g/mol. The van der Waals surface area contributed by atoms with E-state index in [0.29, 0.717) is 17.5 Å². The third-order valence-electron chi connectivity index (χ3n) is 3.70. The second kappa shape index (κ2) is 7.81. The molecule has 134 valence electrons. The summed E-state index contributed by atoms with van der Waals surface area (Å²) in [4.78, 5) is 3.72. The summed E-state index contributed by atoms with van der Waals surface area (Å²) in [5, 5.41) is 7.89. The molecule has 0 radical (unpaired) electrons. The van der Waals surface area contributed by atoms with Gasteiger partial charge in [0.05, 0.1) is 17.5 Å². The van der Waals surface area contributed by atoms with Crippen molar-refractivity contribution in [2.45, 2.75) is 38.5 Å². The van der Waals surface area contributed by atoms with Gasteiger partial charge in [-0.3, -0.25) is 5.43 Å². The van der Waals surface area contributed by atoms with Gasteiger partial charge in [0, 0.05) is 5.56 Å². The number of nitrogens with zero attached hydrogens (tertiary/aromatic N) is 3. The maximum absolute atomic E-state index is 12.6. The Bertz CT molecular complexity index is 735. The van der Waals surface area contributed by atoms with Crippen LogP contribution in [0.5, 0.6) is 5.75 Å². The van der Waals surface area contributed by atoms with Gasteiger partial charge in [-0.25, -0.2) is 0 Å². The smallest absolute Gasteiger partial charge is 0.315 e. The predicted octanol–water partition coefficient (Wildman–Crippen LogP) is 4.06. The molecule has 0 spiro atoms. The summed E-state index contributed by atoms with van der Waals surface area (Å²) >= 11 is 1.66. The topological polar surface area (TPSA) is 72.5 Å². The minimum Gasteiger partial charge on any atom is -0.493 e. The second-order valence-corrected chi connectivity index (χ2v) is 6.73. The number of alkyl halides is 2. The third kappa shape index (κ3) is 4.28. The molecule has 1 aliphatic heterocycles. The lowest BCUT2D eigenvalue weighted by Gasteiger charge is -2.14. The third-order valence-corrected chi connectivity index (χ3v) is 4.60. The molecule has 1 atom stereocenters. The van der Waals surface area contributed by atoms with Gasteiger partial charge in [-0.2, -0.15) is 18.9 Å². The van der Waals surface area contributed by atoms with Crippen LogP contribution < -0.4 is 10.2 Å². The minimum atomic E-state index is -2.77. The zero-order chi connectivity index (χ0) is 17.8. The Balaban J connectivity index is 1.63. The Morgan fingerprint density at radius 3 is 2.68 bits per heavy atom. The summed E-state index contributed by atoms with van der Waals surface area (Å²) in [6, 6.07) is 3.62. The Kier molecular flexibility index (Phi) is 5.52. The Labute approximate surface area is 148 Å². The summed E-state index contributed by atoms with van der Waals surface area (Å²) in [7, 11) is 0. The van der Waals surface area contributed by atoms with E-state index < -0.39 is 12.3 Å². The number of rotatable bonds is 7. The van der Waals surface area contributed by atoms with Gasteiger partial charge in [0.15, 0.2) is 0 Å². The molecule has 1 aromatic carbocycles. The first-order chi connectivity index (χ1) is 12.0. The van der Waals surface area contributed by atoms with Crippen LogP contribution in [0.3, 0.4) is 0 Å².